The summed E-state index contributed by atoms with van der Waals surface area (Å²) in [4.78, 5) is 3.93. The second-order valence-corrected chi connectivity index (χ2v) is 3.07. The van der Waals surface area contributed by atoms with Crippen LogP contribution < -0.4 is 11.1 Å². The van der Waals surface area contributed by atoms with Gasteiger partial charge in [0, 0.05) is 5.02 Å². The third kappa shape index (κ3) is 2.64. The first-order chi connectivity index (χ1) is 6.63. The Morgan fingerprint density at radius 1 is 1.64 bits per heavy atom. The summed E-state index contributed by atoms with van der Waals surface area (Å²) in [6.45, 7) is 1.90. The first-order valence-electron chi connectivity index (χ1n) is 3.89. The van der Waals surface area contributed by atoms with Gasteiger partial charge in [0.2, 0.25) is 5.96 Å². The quantitative estimate of drug-likeness (QED) is 0.319. The fourth-order valence-corrected chi connectivity index (χ4v) is 1.05. The average Bonchev–Trinajstić information content (AvgIpc) is 2.12. The molecule has 0 fully saturated rings. The van der Waals surface area contributed by atoms with Crippen molar-refractivity contribution >= 4 is 23.2 Å². The molecule has 14 heavy (non-hydrogen) atoms. The third-order valence-electron chi connectivity index (χ3n) is 1.59. The summed E-state index contributed by atoms with van der Waals surface area (Å²) in [5, 5.41) is 11.1. The molecule has 1 rings (SSSR count). The Bertz CT molecular complexity index is 406. The van der Waals surface area contributed by atoms with Gasteiger partial charge in [-0.2, -0.15) is 5.26 Å². The van der Waals surface area contributed by atoms with Crippen molar-refractivity contribution in [2.24, 2.45) is 10.7 Å². The lowest BCUT2D eigenvalue weighted by Crippen LogP contribution is -2.26. The van der Waals surface area contributed by atoms with Gasteiger partial charge >= 0.3 is 0 Å². The summed E-state index contributed by atoms with van der Waals surface area (Å²) in [6, 6.07) is 5.29. The maximum Gasteiger partial charge on any atom is 0.207 e. The molecular weight excluding hydrogens is 200 g/mol. The van der Waals surface area contributed by atoms with Crippen molar-refractivity contribution in [1.82, 2.24) is 5.32 Å². The second-order valence-electron chi connectivity index (χ2n) is 2.67. The largest absolute Gasteiger partial charge is 0.369 e. The van der Waals surface area contributed by atoms with Crippen LogP contribution in [0, 0.1) is 18.4 Å². The molecule has 4 nitrogen and oxygen atoms in total. The van der Waals surface area contributed by atoms with E-state index < -0.39 is 0 Å². The number of aryl methyl sites for hydroxylation is 1. The highest BCUT2D eigenvalue weighted by Crippen LogP contribution is 2.21. The predicted molar refractivity (Wildman–Crippen MR) is 56.2 cm³/mol. The number of aliphatic imine (C=N–C) groups is 1. The molecule has 0 unspecified atom stereocenters. The summed E-state index contributed by atoms with van der Waals surface area (Å²) < 4.78 is 0. The van der Waals surface area contributed by atoms with Crippen molar-refractivity contribution in [3.63, 3.8) is 0 Å². The molecule has 3 N–H and O–H groups in total. The number of nitrogens with zero attached hydrogens (tertiary/aromatic N) is 2. The van der Waals surface area contributed by atoms with Crippen LogP contribution in [0.4, 0.5) is 5.69 Å². The van der Waals surface area contributed by atoms with Gasteiger partial charge in [0.15, 0.2) is 6.19 Å². The second kappa shape index (κ2) is 4.49. The van der Waals surface area contributed by atoms with Gasteiger partial charge in [-0.1, -0.05) is 17.7 Å². The van der Waals surface area contributed by atoms with Crippen LogP contribution in [0.2, 0.25) is 5.02 Å². The van der Waals surface area contributed by atoms with Crippen LogP contribution in [0.1, 0.15) is 5.56 Å². The number of halogens is 1. The Kier molecular flexibility index (Phi) is 3.32. The molecule has 72 valence electrons. The van der Waals surface area contributed by atoms with E-state index in [9.17, 15) is 0 Å². The number of rotatable bonds is 1. The van der Waals surface area contributed by atoms with Gasteiger partial charge in [-0.25, -0.2) is 4.99 Å². The van der Waals surface area contributed by atoms with Crippen LogP contribution in [0.15, 0.2) is 23.2 Å². The van der Waals surface area contributed by atoms with E-state index in [0.717, 1.165) is 5.56 Å². The molecule has 0 aliphatic rings. The standard InChI is InChI=1S/C9H9ClN4/c1-6-2-3-7(4-8(6)10)14-9(12)13-5-11/h2-4H,1H3,(H3,12,13,14). The maximum absolute atomic E-state index is 8.27. The van der Waals surface area contributed by atoms with Gasteiger partial charge in [-0.05, 0) is 24.6 Å². The number of guanidine groups is 1. The summed E-state index contributed by atoms with van der Waals surface area (Å²) in [6.07, 6.45) is 1.67. The van der Waals surface area contributed by atoms with Gasteiger partial charge in [-0.15, -0.1) is 0 Å². The molecule has 0 atom stereocenters. The Morgan fingerprint density at radius 2 is 2.36 bits per heavy atom. The normalized spacial score (nSPS) is 10.8. The van der Waals surface area contributed by atoms with Crippen molar-refractivity contribution in [2.45, 2.75) is 6.92 Å². The summed E-state index contributed by atoms with van der Waals surface area (Å²) in [5.41, 5.74) is 6.96. The Balaban J connectivity index is 2.94. The van der Waals surface area contributed by atoms with Crippen molar-refractivity contribution in [1.29, 1.82) is 5.26 Å². The van der Waals surface area contributed by atoms with Crippen LogP contribution in [0.25, 0.3) is 0 Å². The number of nitrogens with two attached hydrogens (primary N) is 1. The van der Waals surface area contributed by atoms with Crippen LogP contribution in [-0.4, -0.2) is 5.96 Å². The van der Waals surface area contributed by atoms with Crippen LogP contribution in [0.3, 0.4) is 0 Å². The molecule has 0 aromatic heterocycles. The maximum atomic E-state index is 8.27. The van der Waals surface area contributed by atoms with Crippen LogP contribution in [-0.2, 0) is 0 Å². The van der Waals surface area contributed by atoms with E-state index in [-0.39, 0.29) is 5.96 Å². The monoisotopic (exact) mass is 208 g/mol. The summed E-state index contributed by atoms with van der Waals surface area (Å²) in [5.74, 6) is 0.0485. The lowest BCUT2D eigenvalue weighted by molar-refractivity contribution is 1.21. The molecule has 0 spiro atoms. The van der Waals surface area contributed by atoms with Gasteiger partial charge in [-0.3, -0.25) is 5.32 Å². The molecule has 0 aliphatic carbocycles. The minimum Gasteiger partial charge on any atom is -0.369 e. The fourth-order valence-electron chi connectivity index (χ4n) is 0.876. The molecule has 1 aromatic carbocycles. The third-order valence-corrected chi connectivity index (χ3v) is 2.00. The number of hydrogen-bond donors (Lipinski definition) is 2. The molecule has 0 aliphatic heterocycles. The Morgan fingerprint density at radius 3 is 2.93 bits per heavy atom. The molecule has 0 bridgehead atoms. The topological polar surface area (TPSA) is 74.2 Å². The highest BCUT2D eigenvalue weighted by atomic mass is 35.5. The van der Waals surface area contributed by atoms with E-state index in [0.29, 0.717) is 10.7 Å². The number of hydrogen-bond acceptors (Lipinski definition) is 2. The summed E-state index contributed by atoms with van der Waals surface area (Å²) >= 11 is 5.88. The van der Waals surface area contributed by atoms with Gasteiger partial charge in [0.05, 0.1) is 5.69 Å². The molecule has 0 amide bonds. The smallest absolute Gasteiger partial charge is 0.207 e. The van der Waals surface area contributed by atoms with Crippen molar-refractivity contribution in [3.05, 3.63) is 28.8 Å². The molecule has 0 radical (unpaired) electrons. The van der Waals surface area contributed by atoms with E-state index in [2.05, 4.69) is 10.3 Å². The fraction of sp³-hybridized carbons (Fsp3) is 0.111. The molecule has 5 heteroatoms. The van der Waals surface area contributed by atoms with E-state index in [1.807, 2.05) is 13.0 Å². The first kappa shape index (κ1) is 10.4. The van der Waals surface area contributed by atoms with Gasteiger partial charge < -0.3 is 5.73 Å². The zero-order valence-corrected chi connectivity index (χ0v) is 8.34. The lowest BCUT2D eigenvalue weighted by Gasteiger charge is -2.00. The molecule has 1 aromatic rings. The van der Waals surface area contributed by atoms with E-state index in [4.69, 9.17) is 22.6 Å². The molecular formula is C9H9ClN4. The SMILES string of the molecule is Cc1ccc(N=C(N)NC#N)cc1Cl. The number of nitriles is 1. The molecule has 0 heterocycles. The zero-order valence-electron chi connectivity index (χ0n) is 7.58. The van der Waals surface area contributed by atoms with Gasteiger partial charge in [0.1, 0.15) is 0 Å². The first-order valence-corrected chi connectivity index (χ1v) is 4.26. The highest BCUT2D eigenvalue weighted by molar-refractivity contribution is 6.31. The minimum absolute atomic E-state index is 0.0485. The Labute approximate surface area is 87.0 Å². The van der Waals surface area contributed by atoms with Crippen molar-refractivity contribution in [2.75, 3.05) is 0 Å². The van der Waals surface area contributed by atoms with Gasteiger partial charge in [0.25, 0.3) is 0 Å². The lowest BCUT2D eigenvalue weighted by atomic mass is 10.2. The zero-order chi connectivity index (χ0) is 10.6. The van der Waals surface area contributed by atoms with Crippen molar-refractivity contribution < 1.29 is 0 Å². The van der Waals surface area contributed by atoms with Crippen LogP contribution >= 0.6 is 11.6 Å². The van der Waals surface area contributed by atoms with E-state index in [1.165, 1.54) is 0 Å². The Hall–Kier alpha value is -1.73. The summed E-state index contributed by atoms with van der Waals surface area (Å²) in [7, 11) is 0. The minimum atomic E-state index is 0.0485. The number of benzene rings is 1. The molecule has 0 saturated heterocycles. The highest BCUT2D eigenvalue weighted by Gasteiger charge is 1.97. The number of nitrogens with one attached hydrogen (secondary N) is 1. The van der Waals surface area contributed by atoms with Crippen LogP contribution in [0.5, 0.6) is 0 Å². The van der Waals surface area contributed by atoms with Crippen molar-refractivity contribution in [3.8, 4) is 6.19 Å². The average molecular weight is 209 g/mol. The van der Waals surface area contributed by atoms with E-state index >= 15 is 0 Å². The molecule has 0 saturated carbocycles. The predicted octanol–water partition coefficient (Wildman–Crippen LogP) is 1.67. The van der Waals surface area contributed by atoms with E-state index in [1.54, 1.807) is 18.3 Å².